The number of hydrogen-bond acceptors (Lipinski definition) is 3. The van der Waals surface area contributed by atoms with Crippen molar-refractivity contribution in [3.05, 3.63) is 24.0 Å². The predicted octanol–water partition coefficient (Wildman–Crippen LogP) is 3.10. The highest BCUT2D eigenvalue weighted by molar-refractivity contribution is 7.86. The lowest BCUT2D eigenvalue weighted by atomic mass is 10.1. The van der Waals surface area contributed by atoms with Crippen molar-refractivity contribution in [2.45, 2.75) is 64.3 Å². The molecule has 0 fully saturated rings. The third-order valence-corrected chi connectivity index (χ3v) is 3.96. The Hall–Kier alpha value is -0.860. The highest BCUT2D eigenvalue weighted by Gasteiger charge is 2.36. The monoisotopic (exact) mass is 357 g/mol. The smallest absolute Gasteiger partial charge is 0.485 e. The molecule has 0 saturated carbocycles. The zero-order valence-corrected chi connectivity index (χ0v) is 14.5. The number of hydrogen-bond donors (Lipinski definition) is 1. The summed E-state index contributed by atoms with van der Waals surface area (Å²) in [6.07, 6.45) is 16.3. The third kappa shape index (κ3) is 9.78. The molecule has 8 heteroatoms. The fourth-order valence-electron chi connectivity index (χ4n) is 2.09. The second kappa shape index (κ2) is 10.8. The molecule has 1 aliphatic rings. The zero-order chi connectivity index (χ0) is 17.9. The van der Waals surface area contributed by atoms with Crippen molar-refractivity contribution in [3.8, 4) is 0 Å². The van der Waals surface area contributed by atoms with Crippen LogP contribution in [0, 0.1) is 0 Å². The van der Waals surface area contributed by atoms with Crippen molar-refractivity contribution in [1.82, 2.24) is 0 Å². The number of allylic oxidation sites excluding steroid dienone is 3. The van der Waals surface area contributed by atoms with Gasteiger partial charge in [-0.1, -0.05) is 33.1 Å². The van der Waals surface area contributed by atoms with E-state index in [-0.39, 0.29) is 0 Å². The molecule has 0 amide bonds. The summed E-state index contributed by atoms with van der Waals surface area (Å²) in [4.78, 5) is 1.61. The molecule has 4 nitrogen and oxygen atoms in total. The van der Waals surface area contributed by atoms with Crippen LogP contribution in [0.2, 0.25) is 0 Å². The zero-order valence-electron chi connectivity index (χ0n) is 13.7. The van der Waals surface area contributed by atoms with Crippen LogP contribution in [0.1, 0.15) is 58.8 Å². The minimum absolute atomic E-state index is 1.28. The summed E-state index contributed by atoms with van der Waals surface area (Å²) in [5, 5.41) is 0. The fraction of sp³-hybridized carbons (Fsp3) is 0.733. The Bertz CT molecular complexity index is 485. The topological polar surface area (TPSA) is 61.6 Å². The van der Waals surface area contributed by atoms with E-state index < -0.39 is 15.6 Å². The van der Waals surface area contributed by atoms with Gasteiger partial charge in [-0.3, -0.25) is 4.90 Å². The van der Waals surface area contributed by atoms with E-state index in [1.807, 2.05) is 0 Å². The van der Waals surface area contributed by atoms with Crippen LogP contribution in [0.4, 0.5) is 13.2 Å². The van der Waals surface area contributed by atoms with Gasteiger partial charge in [-0.15, -0.1) is 0 Å². The summed E-state index contributed by atoms with van der Waals surface area (Å²) in [6.45, 7) is 5.84. The van der Waals surface area contributed by atoms with Crippen LogP contribution in [0.25, 0.3) is 0 Å². The van der Waals surface area contributed by atoms with E-state index in [1.54, 1.807) is 10.6 Å². The van der Waals surface area contributed by atoms with Gasteiger partial charge in [0, 0.05) is 12.5 Å². The van der Waals surface area contributed by atoms with Gasteiger partial charge in [0.05, 0.1) is 12.7 Å². The van der Waals surface area contributed by atoms with E-state index in [1.165, 1.54) is 51.5 Å². The van der Waals surface area contributed by atoms with Crippen LogP contribution in [0.15, 0.2) is 24.0 Å². The lowest BCUT2D eigenvalue weighted by Crippen LogP contribution is -3.04. The quantitative estimate of drug-likeness (QED) is 0.412. The van der Waals surface area contributed by atoms with Gasteiger partial charge in [0.2, 0.25) is 0 Å². The van der Waals surface area contributed by atoms with Gasteiger partial charge in [-0.05, 0) is 25.3 Å². The molecule has 1 aliphatic heterocycles. The Morgan fingerprint density at radius 1 is 1.09 bits per heavy atom. The molecule has 1 N–H and O–H groups in total. The first-order chi connectivity index (χ1) is 10.6. The molecule has 0 bridgehead atoms. The van der Waals surface area contributed by atoms with Crippen molar-refractivity contribution >= 4 is 10.1 Å². The van der Waals surface area contributed by atoms with Gasteiger partial charge in [0.25, 0.3) is 0 Å². The summed E-state index contributed by atoms with van der Waals surface area (Å²) in [6, 6.07) is 0. The highest BCUT2D eigenvalue weighted by atomic mass is 32.2. The first-order valence-corrected chi connectivity index (χ1v) is 9.29. The van der Waals surface area contributed by atoms with Crippen LogP contribution in [-0.2, 0) is 10.1 Å². The number of unbranched alkanes of at least 4 members (excludes halogenated alkanes) is 4. The van der Waals surface area contributed by atoms with E-state index in [0.717, 1.165) is 0 Å². The van der Waals surface area contributed by atoms with Crippen LogP contribution < -0.4 is 4.90 Å². The second-order valence-electron chi connectivity index (χ2n) is 5.39. The van der Waals surface area contributed by atoms with E-state index in [4.69, 9.17) is 13.0 Å². The first kappa shape index (κ1) is 22.1. The maximum atomic E-state index is 10.7. The molecular formula is C15H26F3NO3S. The Morgan fingerprint density at radius 3 is 2.13 bits per heavy atom. The molecule has 0 aromatic carbocycles. The summed E-state index contributed by atoms with van der Waals surface area (Å²) in [7, 11) is -6.09. The van der Waals surface area contributed by atoms with Crippen molar-refractivity contribution in [3.63, 3.8) is 0 Å². The molecule has 23 heavy (non-hydrogen) atoms. The SMILES string of the molecule is CCCCCC[NH+]1C=CC=C1CCCC.O=S(=O)([O-])C(F)(F)F. The minimum Gasteiger partial charge on any atom is -0.741 e. The number of nitrogens with one attached hydrogen (secondary N) is 1. The number of rotatable bonds is 8. The normalized spacial score (nSPS) is 17.7. The molecule has 0 aromatic rings. The molecule has 0 saturated heterocycles. The van der Waals surface area contributed by atoms with Crippen LogP contribution in [-0.4, -0.2) is 25.0 Å². The maximum absolute atomic E-state index is 10.7. The van der Waals surface area contributed by atoms with Crippen molar-refractivity contribution in [2.24, 2.45) is 0 Å². The van der Waals surface area contributed by atoms with Gasteiger partial charge in [0.1, 0.15) is 5.70 Å². The van der Waals surface area contributed by atoms with Crippen LogP contribution in [0.5, 0.6) is 0 Å². The number of quaternary nitrogens is 1. The van der Waals surface area contributed by atoms with Gasteiger partial charge in [0.15, 0.2) is 10.1 Å². The average Bonchev–Trinajstić information content (AvgIpc) is 2.87. The lowest BCUT2D eigenvalue weighted by Gasteiger charge is -2.14. The van der Waals surface area contributed by atoms with Gasteiger partial charge in [-0.2, -0.15) is 13.2 Å². The molecular weight excluding hydrogens is 331 g/mol. The second-order valence-corrected chi connectivity index (χ2v) is 6.76. The largest absolute Gasteiger partial charge is 0.741 e. The van der Waals surface area contributed by atoms with Gasteiger partial charge in [-0.25, -0.2) is 8.42 Å². The highest BCUT2D eigenvalue weighted by Crippen LogP contribution is 2.20. The molecule has 1 rings (SSSR count). The molecule has 136 valence electrons. The summed E-state index contributed by atoms with van der Waals surface area (Å²) < 4.78 is 58.9. The summed E-state index contributed by atoms with van der Waals surface area (Å²) in [5.74, 6) is 0. The summed E-state index contributed by atoms with van der Waals surface area (Å²) >= 11 is 0. The molecule has 0 aliphatic carbocycles. The number of halogens is 3. The molecule has 1 atom stereocenters. The lowest BCUT2D eigenvalue weighted by molar-refractivity contribution is -0.804. The first-order valence-electron chi connectivity index (χ1n) is 7.89. The molecule has 0 radical (unpaired) electrons. The standard InChI is InChI=1S/C14H25N.CHF3O3S/c1-3-5-7-8-12-15-13-9-11-14(15)10-6-4-2;2-1(3,4)8(5,6)7/h9,11,13H,3-8,10,12H2,1-2H3;(H,5,6,7). The minimum atomic E-state index is -6.09. The Kier molecular flexibility index (Phi) is 10.4. The van der Waals surface area contributed by atoms with Crippen LogP contribution >= 0.6 is 0 Å². The average molecular weight is 357 g/mol. The maximum Gasteiger partial charge on any atom is 0.485 e. The Labute approximate surface area is 136 Å². The van der Waals surface area contributed by atoms with Crippen molar-refractivity contribution in [2.75, 3.05) is 6.54 Å². The summed E-state index contributed by atoms with van der Waals surface area (Å²) in [5.41, 5.74) is -4.04. The van der Waals surface area contributed by atoms with E-state index >= 15 is 0 Å². The number of alkyl halides is 3. The fourth-order valence-corrected chi connectivity index (χ4v) is 2.09. The Balaban J connectivity index is 0.000000515. The third-order valence-electron chi connectivity index (χ3n) is 3.39. The molecule has 1 unspecified atom stereocenters. The molecule has 0 aromatic heterocycles. The van der Waals surface area contributed by atoms with Gasteiger partial charge >= 0.3 is 5.51 Å². The van der Waals surface area contributed by atoms with Gasteiger partial charge < -0.3 is 4.55 Å². The van der Waals surface area contributed by atoms with Crippen molar-refractivity contribution < 1.29 is 31.0 Å². The van der Waals surface area contributed by atoms with E-state index in [0.29, 0.717) is 0 Å². The van der Waals surface area contributed by atoms with E-state index in [9.17, 15) is 13.2 Å². The van der Waals surface area contributed by atoms with Crippen LogP contribution in [0.3, 0.4) is 0 Å². The Morgan fingerprint density at radius 2 is 1.65 bits per heavy atom. The molecule has 1 heterocycles. The molecule has 0 spiro atoms. The predicted molar refractivity (Wildman–Crippen MR) is 82.5 cm³/mol. The van der Waals surface area contributed by atoms with Crippen molar-refractivity contribution in [1.29, 1.82) is 0 Å². The van der Waals surface area contributed by atoms with E-state index in [2.05, 4.69) is 32.2 Å².